The largest absolute Gasteiger partial charge is 0.495 e. The zero-order chi connectivity index (χ0) is 16.3. The normalized spacial score (nSPS) is 11.0. The maximum Gasteiger partial charge on any atom is 0.294 e. The first-order chi connectivity index (χ1) is 10.3. The van der Waals surface area contributed by atoms with Gasteiger partial charge in [0, 0.05) is 5.56 Å². The molecule has 1 amide bonds. The molecule has 2 N–H and O–H groups in total. The van der Waals surface area contributed by atoms with E-state index in [1.807, 2.05) is 0 Å². The molecule has 0 saturated heterocycles. The maximum atomic E-state index is 12.8. The van der Waals surface area contributed by atoms with E-state index in [0.717, 1.165) is 24.3 Å². The molecule has 0 aliphatic heterocycles. The Morgan fingerprint density at radius 1 is 1.18 bits per heavy atom. The molecule has 0 unspecified atom stereocenters. The minimum Gasteiger partial charge on any atom is -0.495 e. The number of carbonyl (C=O) groups is 1. The Bertz CT molecular complexity index is 802. The average Bonchev–Trinajstić information content (AvgIpc) is 2.46. The van der Waals surface area contributed by atoms with Gasteiger partial charge in [0.25, 0.3) is 16.0 Å². The van der Waals surface area contributed by atoms with Gasteiger partial charge in [-0.1, -0.05) is 0 Å². The molecule has 0 aromatic heterocycles. The molecule has 2 aromatic carbocycles. The summed E-state index contributed by atoms with van der Waals surface area (Å²) >= 11 is 0. The molecule has 0 bridgehead atoms. The van der Waals surface area contributed by atoms with Gasteiger partial charge in [-0.2, -0.15) is 8.42 Å². The zero-order valence-electron chi connectivity index (χ0n) is 11.4. The van der Waals surface area contributed by atoms with E-state index in [2.05, 4.69) is 5.32 Å². The Balaban J connectivity index is 2.35. The second kappa shape index (κ2) is 6.12. The molecule has 2 aromatic rings. The van der Waals surface area contributed by atoms with Crippen LogP contribution in [0.25, 0.3) is 0 Å². The Morgan fingerprint density at radius 3 is 2.36 bits per heavy atom. The van der Waals surface area contributed by atoms with Crippen LogP contribution in [-0.4, -0.2) is 26.0 Å². The van der Waals surface area contributed by atoms with E-state index in [-0.39, 0.29) is 21.9 Å². The summed E-state index contributed by atoms with van der Waals surface area (Å²) in [5.74, 6) is -0.851. The molecule has 116 valence electrons. The number of anilines is 1. The highest BCUT2D eigenvalue weighted by Crippen LogP contribution is 2.27. The van der Waals surface area contributed by atoms with E-state index < -0.39 is 21.8 Å². The van der Waals surface area contributed by atoms with Gasteiger partial charge in [0.1, 0.15) is 11.6 Å². The second-order valence-electron chi connectivity index (χ2n) is 4.30. The Labute approximate surface area is 126 Å². The van der Waals surface area contributed by atoms with Crippen molar-refractivity contribution < 1.29 is 26.9 Å². The number of hydrogen-bond acceptors (Lipinski definition) is 4. The highest BCUT2D eigenvalue weighted by molar-refractivity contribution is 7.85. The van der Waals surface area contributed by atoms with Crippen molar-refractivity contribution in [1.82, 2.24) is 0 Å². The van der Waals surface area contributed by atoms with Gasteiger partial charge in [-0.05, 0) is 42.5 Å². The number of methoxy groups -OCH3 is 1. The monoisotopic (exact) mass is 325 g/mol. The van der Waals surface area contributed by atoms with Crippen LogP contribution in [0.2, 0.25) is 0 Å². The number of halogens is 1. The molecule has 6 nitrogen and oxygen atoms in total. The number of amides is 1. The average molecular weight is 325 g/mol. The fraction of sp³-hybridized carbons (Fsp3) is 0.0714. The van der Waals surface area contributed by atoms with Gasteiger partial charge in [-0.3, -0.25) is 9.35 Å². The van der Waals surface area contributed by atoms with E-state index in [1.165, 1.54) is 25.3 Å². The maximum absolute atomic E-state index is 12.8. The standard InChI is InChI=1S/C14H12FNO5S/c1-21-13-7-6-11(22(18,19)20)8-12(13)16-14(17)9-2-4-10(15)5-3-9/h2-8H,1H3,(H,16,17)(H,18,19,20). The molecular formula is C14H12FNO5S. The van der Waals surface area contributed by atoms with Gasteiger partial charge in [-0.25, -0.2) is 4.39 Å². The molecule has 0 spiro atoms. The lowest BCUT2D eigenvalue weighted by Crippen LogP contribution is -2.13. The molecule has 0 fully saturated rings. The SMILES string of the molecule is COc1ccc(S(=O)(=O)O)cc1NC(=O)c1ccc(F)cc1. The van der Waals surface area contributed by atoms with Gasteiger partial charge >= 0.3 is 0 Å². The van der Waals surface area contributed by atoms with E-state index in [1.54, 1.807) is 0 Å². The van der Waals surface area contributed by atoms with Crippen molar-refractivity contribution >= 4 is 21.7 Å². The Hall–Kier alpha value is -2.45. The molecule has 0 saturated carbocycles. The topological polar surface area (TPSA) is 92.7 Å². The van der Waals surface area contributed by atoms with Crippen LogP contribution >= 0.6 is 0 Å². The van der Waals surface area contributed by atoms with Crippen molar-refractivity contribution in [3.8, 4) is 5.75 Å². The van der Waals surface area contributed by atoms with Gasteiger partial charge in [0.15, 0.2) is 0 Å². The predicted octanol–water partition coefficient (Wildman–Crippen LogP) is 2.33. The third-order valence-electron chi connectivity index (χ3n) is 2.82. The van der Waals surface area contributed by atoms with Crippen molar-refractivity contribution in [1.29, 1.82) is 0 Å². The summed E-state index contributed by atoms with van der Waals surface area (Å²) in [4.78, 5) is 11.7. The number of carbonyl (C=O) groups excluding carboxylic acids is 1. The fourth-order valence-electron chi connectivity index (χ4n) is 1.74. The summed E-state index contributed by atoms with van der Waals surface area (Å²) < 4.78 is 49.2. The van der Waals surface area contributed by atoms with Crippen molar-refractivity contribution in [2.24, 2.45) is 0 Å². The predicted molar refractivity (Wildman–Crippen MR) is 77.2 cm³/mol. The summed E-state index contributed by atoms with van der Waals surface area (Å²) in [7, 11) is -3.07. The third kappa shape index (κ3) is 3.60. The molecule has 8 heteroatoms. The van der Waals surface area contributed by atoms with Crippen LogP contribution in [0.1, 0.15) is 10.4 Å². The van der Waals surface area contributed by atoms with E-state index in [9.17, 15) is 17.6 Å². The van der Waals surface area contributed by atoms with Crippen LogP contribution in [0, 0.1) is 5.82 Å². The first-order valence-electron chi connectivity index (χ1n) is 6.03. The third-order valence-corrected chi connectivity index (χ3v) is 3.67. The summed E-state index contributed by atoms with van der Waals surface area (Å²) in [6, 6.07) is 8.32. The molecule has 0 radical (unpaired) electrons. The number of rotatable bonds is 4. The summed E-state index contributed by atoms with van der Waals surface area (Å²) in [6.45, 7) is 0. The molecular weight excluding hydrogens is 313 g/mol. The highest BCUT2D eigenvalue weighted by Gasteiger charge is 2.15. The quantitative estimate of drug-likeness (QED) is 0.842. The lowest BCUT2D eigenvalue weighted by atomic mass is 10.2. The van der Waals surface area contributed by atoms with Crippen molar-refractivity contribution in [2.75, 3.05) is 12.4 Å². The molecule has 0 heterocycles. The fourth-order valence-corrected chi connectivity index (χ4v) is 2.25. The van der Waals surface area contributed by atoms with Crippen LogP contribution in [-0.2, 0) is 10.1 Å². The Morgan fingerprint density at radius 2 is 1.82 bits per heavy atom. The van der Waals surface area contributed by atoms with Gasteiger partial charge in [0.05, 0.1) is 17.7 Å². The van der Waals surface area contributed by atoms with Gasteiger partial charge in [0.2, 0.25) is 0 Å². The van der Waals surface area contributed by atoms with Gasteiger partial charge in [-0.15, -0.1) is 0 Å². The smallest absolute Gasteiger partial charge is 0.294 e. The second-order valence-corrected chi connectivity index (χ2v) is 5.72. The molecule has 0 aliphatic rings. The van der Waals surface area contributed by atoms with Crippen LogP contribution in [0.15, 0.2) is 47.4 Å². The van der Waals surface area contributed by atoms with Crippen molar-refractivity contribution in [3.05, 3.63) is 53.8 Å². The van der Waals surface area contributed by atoms with E-state index in [4.69, 9.17) is 9.29 Å². The number of nitrogens with one attached hydrogen (secondary N) is 1. The molecule has 0 aliphatic carbocycles. The van der Waals surface area contributed by atoms with E-state index in [0.29, 0.717) is 0 Å². The van der Waals surface area contributed by atoms with Crippen molar-refractivity contribution in [3.63, 3.8) is 0 Å². The summed E-state index contributed by atoms with van der Waals surface area (Å²) in [6.07, 6.45) is 0. The lowest BCUT2D eigenvalue weighted by Gasteiger charge is -2.11. The highest BCUT2D eigenvalue weighted by atomic mass is 32.2. The van der Waals surface area contributed by atoms with Crippen LogP contribution in [0.4, 0.5) is 10.1 Å². The summed E-state index contributed by atoms with van der Waals surface area (Å²) in [5.41, 5.74) is 0.243. The zero-order valence-corrected chi connectivity index (χ0v) is 12.2. The number of ether oxygens (including phenoxy) is 1. The lowest BCUT2D eigenvalue weighted by molar-refractivity contribution is 0.102. The minimum absolute atomic E-state index is 0.0620. The Kier molecular flexibility index (Phi) is 4.43. The number of hydrogen-bond donors (Lipinski definition) is 2. The number of benzene rings is 2. The first kappa shape index (κ1) is 15.9. The minimum atomic E-state index is -4.41. The van der Waals surface area contributed by atoms with E-state index >= 15 is 0 Å². The summed E-state index contributed by atoms with van der Waals surface area (Å²) in [5, 5.41) is 2.45. The van der Waals surface area contributed by atoms with Crippen LogP contribution < -0.4 is 10.1 Å². The first-order valence-corrected chi connectivity index (χ1v) is 7.47. The van der Waals surface area contributed by atoms with Crippen LogP contribution in [0.5, 0.6) is 5.75 Å². The van der Waals surface area contributed by atoms with Crippen molar-refractivity contribution in [2.45, 2.75) is 4.90 Å². The molecule has 22 heavy (non-hydrogen) atoms. The van der Waals surface area contributed by atoms with Gasteiger partial charge < -0.3 is 10.1 Å². The molecule has 0 atom stereocenters. The van der Waals surface area contributed by atoms with Crippen LogP contribution in [0.3, 0.4) is 0 Å². The molecule has 2 rings (SSSR count).